The normalized spacial score (nSPS) is 20.9. The fraction of sp³-hybridized carbons (Fsp3) is 0.500. The fourth-order valence-electron chi connectivity index (χ4n) is 2.11. The first-order valence-electron chi connectivity index (χ1n) is 6.29. The van der Waals surface area contributed by atoms with Gasteiger partial charge in [0.2, 0.25) is 6.41 Å². The maximum Gasteiger partial charge on any atom is 0.204 e. The first-order chi connectivity index (χ1) is 8.67. The van der Waals surface area contributed by atoms with Gasteiger partial charge in [-0.3, -0.25) is 9.69 Å². The van der Waals surface area contributed by atoms with Crippen LogP contribution in [-0.2, 0) is 11.3 Å². The minimum Gasteiger partial charge on any atom is -0.372 e. The van der Waals surface area contributed by atoms with E-state index < -0.39 is 0 Å². The molecule has 0 aliphatic carbocycles. The van der Waals surface area contributed by atoms with Crippen LogP contribution in [0.3, 0.4) is 0 Å². The summed E-state index contributed by atoms with van der Waals surface area (Å²) in [5, 5.41) is 0. The van der Waals surface area contributed by atoms with Gasteiger partial charge in [0.1, 0.15) is 0 Å². The number of nitrogens with zero attached hydrogens (tertiary/aromatic N) is 2. The summed E-state index contributed by atoms with van der Waals surface area (Å²) in [6.45, 7) is 6.96. The van der Waals surface area contributed by atoms with E-state index in [9.17, 15) is 0 Å². The van der Waals surface area contributed by atoms with Gasteiger partial charge in [-0.15, -0.1) is 0 Å². The van der Waals surface area contributed by atoms with Gasteiger partial charge in [0.05, 0.1) is 0 Å². The van der Waals surface area contributed by atoms with Crippen molar-refractivity contribution in [3.05, 3.63) is 35.9 Å². The number of amides is 1. The average molecular weight is 249 g/mol. The van der Waals surface area contributed by atoms with Crippen molar-refractivity contribution in [2.75, 3.05) is 26.7 Å². The maximum absolute atomic E-state index is 8.58. The Bertz CT molecular complexity index is 342. The molecule has 4 nitrogen and oxygen atoms in total. The SMILES string of the molecule is CC1CN(Cc2ccccc2)CCN1C.NC=O. The summed E-state index contributed by atoms with van der Waals surface area (Å²) in [6.07, 6.45) is 0.250. The number of carbonyl (C=O) groups excluding carboxylic acids is 1. The van der Waals surface area contributed by atoms with Crippen LogP contribution in [0.4, 0.5) is 0 Å². The molecule has 0 bridgehead atoms. The molecule has 2 rings (SSSR count). The second-order valence-electron chi connectivity index (χ2n) is 4.69. The molecular weight excluding hydrogens is 226 g/mol. The lowest BCUT2D eigenvalue weighted by Crippen LogP contribution is -2.49. The van der Waals surface area contributed by atoms with E-state index in [0.29, 0.717) is 6.04 Å². The summed E-state index contributed by atoms with van der Waals surface area (Å²) in [5.74, 6) is 0. The summed E-state index contributed by atoms with van der Waals surface area (Å²) in [6, 6.07) is 11.4. The van der Waals surface area contributed by atoms with Crippen molar-refractivity contribution in [2.24, 2.45) is 5.73 Å². The number of likely N-dealkylation sites (N-methyl/N-ethyl adjacent to an activating group) is 1. The van der Waals surface area contributed by atoms with Gasteiger partial charge < -0.3 is 10.6 Å². The van der Waals surface area contributed by atoms with Crippen LogP contribution in [0, 0.1) is 0 Å². The zero-order valence-electron chi connectivity index (χ0n) is 11.2. The molecule has 1 fully saturated rings. The molecule has 0 radical (unpaired) electrons. The molecule has 100 valence electrons. The van der Waals surface area contributed by atoms with Crippen molar-refractivity contribution in [3.8, 4) is 0 Å². The van der Waals surface area contributed by atoms with E-state index in [1.807, 2.05) is 0 Å². The number of benzene rings is 1. The number of piperazine rings is 1. The van der Waals surface area contributed by atoms with Crippen molar-refractivity contribution in [3.63, 3.8) is 0 Å². The van der Waals surface area contributed by atoms with E-state index in [0.717, 1.165) is 6.54 Å². The van der Waals surface area contributed by atoms with Crippen LogP contribution in [0.2, 0.25) is 0 Å². The molecule has 1 amide bonds. The van der Waals surface area contributed by atoms with Gasteiger partial charge in [-0.1, -0.05) is 30.3 Å². The molecule has 1 unspecified atom stereocenters. The van der Waals surface area contributed by atoms with Crippen LogP contribution >= 0.6 is 0 Å². The van der Waals surface area contributed by atoms with Crippen LogP contribution < -0.4 is 5.73 Å². The molecule has 0 spiro atoms. The average Bonchev–Trinajstić information content (AvgIpc) is 2.36. The number of primary amides is 1. The summed E-state index contributed by atoms with van der Waals surface area (Å²) in [5.41, 5.74) is 5.59. The molecule has 0 saturated carbocycles. The van der Waals surface area contributed by atoms with Crippen LogP contribution in [0.5, 0.6) is 0 Å². The molecule has 1 aromatic carbocycles. The van der Waals surface area contributed by atoms with Gasteiger partial charge in [-0.05, 0) is 19.5 Å². The molecule has 4 heteroatoms. The predicted molar refractivity (Wildman–Crippen MR) is 74.1 cm³/mol. The second kappa shape index (κ2) is 7.84. The van der Waals surface area contributed by atoms with E-state index in [1.54, 1.807) is 0 Å². The van der Waals surface area contributed by atoms with E-state index in [1.165, 1.54) is 25.2 Å². The van der Waals surface area contributed by atoms with Gasteiger partial charge >= 0.3 is 0 Å². The van der Waals surface area contributed by atoms with Crippen molar-refractivity contribution < 1.29 is 4.79 Å². The molecule has 18 heavy (non-hydrogen) atoms. The number of carbonyl (C=O) groups is 1. The molecule has 0 aromatic heterocycles. The van der Waals surface area contributed by atoms with Crippen molar-refractivity contribution in [1.82, 2.24) is 9.80 Å². The van der Waals surface area contributed by atoms with E-state index in [4.69, 9.17) is 4.79 Å². The smallest absolute Gasteiger partial charge is 0.204 e. The quantitative estimate of drug-likeness (QED) is 0.793. The third-order valence-corrected chi connectivity index (χ3v) is 3.29. The molecule has 1 heterocycles. The van der Waals surface area contributed by atoms with Gasteiger partial charge in [-0.2, -0.15) is 0 Å². The predicted octanol–water partition coefficient (Wildman–Crippen LogP) is 0.924. The highest BCUT2D eigenvalue weighted by Crippen LogP contribution is 2.11. The maximum atomic E-state index is 8.58. The van der Waals surface area contributed by atoms with Gasteiger partial charge in [0, 0.05) is 32.2 Å². The molecular formula is C14H23N3O. The summed E-state index contributed by atoms with van der Waals surface area (Å²) in [7, 11) is 2.21. The Morgan fingerprint density at radius 2 is 1.94 bits per heavy atom. The molecule has 2 N–H and O–H groups in total. The Labute approximate surface area is 109 Å². The van der Waals surface area contributed by atoms with Crippen LogP contribution in [0.25, 0.3) is 0 Å². The minimum atomic E-state index is 0.250. The zero-order valence-corrected chi connectivity index (χ0v) is 11.2. The van der Waals surface area contributed by atoms with Gasteiger partial charge in [0.25, 0.3) is 0 Å². The molecule has 1 saturated heterocycles. The first-order valence-corrected chi connectivity index (χ1v) is 6.29. The number of nitrogens with two attached hydrogens (primary N) is 1. The number of rotatable bonds is 2. The minimum absolute atomic E-state index is 0.250. The highest BCUT2D eigenvalue weighted by Gasteiger charge is 2.20. The monoisotopic (exact) mass is 249 g/mol. The highest BCUT2D eigenvalue weighted by molar-refractivity contribution is 5.42. The number of hydrogen-bond donors (Lipinski definition) is 1. The van der Waals surface area contributed by atoms with Crippen molar-refractivity contribution >= 4 is 6.41 Å². The molecule has 1 atom stereocenters. The Morgan fingerprint density at radius 3 is 2.50 bits per heavy atom. The summed E-state index contributed by atoms with van der Waals surface area (Å²) in [4.78, 5) is 13.6. The standard InChI is InChI=1S/C13H20N2.CH3NO/c1-12-10-15(9-8-14(12)2)11-13-6-4-3-5-7-13;2-1-3/h3-7,12H,8-11H2,1-2H3;1H,(H2,2,3). The molecule has 1 aliphatic rings. The zero-order chi connectivity index (χ0) is 13.4. The lowest BCUT2D eigenvalue weighted by molar-refractivity contribution is -0.106. The van der Waals surface area contributed by atoms with E-state index in [-0.39, 0.29) is 6.41 Å². The Hall–Kier alpha value is -1.39. The fourth-order valence-corrected chi connectivity index (χ4v) is 2.11. The first kappa shape index (κ1) is 14.7. The lowest BCUT2D eigenvalue weighted by Gasteiger charge is -2.37. The van der Waals surface area contributed by atoms with E-state index >= 15 is 0 Å². The van der Waals surface area contributed by atoms with Gasteiger partial charge in [-0.25, -0.2) is 0 Å². The highest BCUT2D eigenvalue weighted by atomic mass is 16.1. The molecule has 1 aromatic rings. The van der Waals surface area contributed by atoms with Crippen LogP contribution in [0.15, 0.2) is 30.3 Å². The second-order valence-corrected chi connectivity index (χ2v) is 4.69. The van der Waals surface area contributed by atoms with Crippen LogP contribution in [0.1, 0.15) is 12.5 Å². The van der Waals surface area contributed by atoms with Gasteiger partial charge in [0.15, 0.2) is 0 Å². The largest absolute Gasteiger partial charge is 0.372 e. The van der Waals surface area contributed by atoms with Crippen molar-refractivity contribution in [2.45, 2.75) is 19.5 Å². The Balaban J connectivity index is 0.000000492. The molecule has 1 aliphatic heterocycles. The Kier molecular flexibility index (Phi) is 6.39. The van der Waals surface area contributed by atoms with Crippen LogP contribution in [-0.4, -0.2) is 48.9 Å². The third-order valence-electron chi connectivity index (χ3n) is 3.29. The van der Waals surface area contributed by atoms with E-state index in [2.05, 4.69) is 59.8 Å². The third kappa shape index (κ3) is 4.85. The summed E-state index contributed by atoms with van der Waals surface area (Å²) >= 11 is 0. The topological polar surface area (TPSA) is 49.6 Å². The number of hydrogen-bond acceptors (Lipinski definition) is 3. The Morgan fingerprint density at radius 1 is 1.33 bits per heavy atom. The van der Waals surface area contributed by atoms with Crippen molar-refractivity contribution in [1.29, 1.82) is 0 Å². The lowest BCUT2D eigenvalue weighted by atomic mass is 10.1. The summed E-state index contributed by atoms with van der Waals surface area (Å²) < 4.78 is 0.